The van der Waals surface area contributed by atoms with E-state index in [4.69, 9.17) is 9.78 Å². The smallest absolute Gasteiger partial charge is 0.227 e. The van der Waals surface area contributed by atoms with Crippen LogP contribution in [0.1, 0.15) is 12.3 Å². The predicted molar refractivity (Wildman–Crippen MR) is 55.3 cm³/mol. The van der Waals surface area contributed by atoms with Gasteiger partial charge < -0.3 is 9.63 Å². The number of nitriles is 1. The van der Waals surface area contributed by atoms with Crippen LogP contribution in [0.3, 0.4) is 0 Å². The molecular formula is C11H9N3O2. The Bertz CT molecular complexity index is 528. The molecule has 5 nitrogen and oxygen atoms in total. The Morgan fingerprint density at radius 3 is 3.06 bits per heavy atom. The van der Waals surface area contributed by atoms with Crippen molar-refractivity contribution in [3.63, 3.8) is 0 Å². The van der Waals surface area contributed by atoms with Gasteiger partial charge in [-0.1, -0.05) is 17.3 Å². The lowest BCUT2D eigenvalue weighted by Crippen LogP contribution is -1.84. The van der Waals surface area contributed by atoms with E-state index in [2.05, 4.69) is 10.1 Å². The van der Waals surface area contributed by atoms with Crippen molar-refractivity contribution < 1.29 is 9.63 Å². The molecular weight excluding hydrogens is 206 g/mol. The molecule has 16 heavy (non-hydrogen) atoms. The van der Waals surface area contributed by atoms with E-state index in [0.717, 1.165) is 0 Å². The molecule has 2 aromatic rings. The third kappa shape index (κ3) is 2.17. The Labute approximate surface area is 92.0 Å². The minimum atomic E-state index is 0.154. The highest BCUT2D eigenvalue weighted by molar-refractivity contribution is 5.56. The van der Waals surface area contributed by atoms with Gasteiger partial charge in [0, 0.05) is 18.4 Å². The van der Waals surface area contributed by atoms with Gasteiger partial charge in [-0.2, -0.15) is 10.2 Å². The zero-order chi connectivity index (χ0) is 11.4. The van der Waals surface area contributed by atoms with E-state index >= 15 is 0 Å². The summed E-state index contributed by atoms with van der Waals surface area (Å²) >= 11 is 0. The first-order chi connectivity index (χ1) is 7.79. The molecule has 0 aliphatic heterocycles. The van der Waals surface area contributed by atoms with E-state index in [1.165, 1.54) is 0 Å². The number of aromatic nitrogens is 2. The average molecular weight is 215 g/mol. The quantitative estimate of drug-likeness (QED) is 0.845. The number of nitrogens with zero attached hydrogens (tertiary/aromatic N) is 3. The van der Waals surface area contributed by atoms with Crippen LogP contribution in [0.25, 0.3) is 11.4 Å². The van der Waals surface area contributed by atoms with E-state index in [1.54, 1.807) is 24.3 Å². The van der Waals surface area contributed by atoms with Crippen LogP contribution in [0, 0.1) is 11.3 Å². The van der Waals surface area contributed by atoms with Gasteiger partial charge in [-0.15, -0.1) is 0 Å². The molecule has 1 aromatic carbocycles. The minimum Gasteiger partial charge on any atom is -0.508 e. The van der Waals surface area contributed by atoms with Crippen LogP contribution < -0.4 is 0 Å². The molecule has 0 spiro atoms. The number of phenolic OH excluding ortho intramolecular Hbond substituents is 1. The highest BCUT2D eigenvalue weighted by atomic mass is 16.5. The molecule has 1 N–H and O–H groups in total. The van der Waals surface area contributed by atoms with E-state index in [-0.39, 0.29) is 5.75 Å². The largest absolute Gasteiger partial charge is 0.508 e. The topological polar surface area (TPSA) is 82.9 Å². The summed E-state index contributed by atoms with van der Waals surface area (Å²) in [5, 5.41) is 21.5. The third-order valence-corrected chi connectivity index (χ3v) is 2.02. The van der Waals surface area contributed by atoms with Crippen molar-refractivity contribution in [2.45, 2.75) is 12.8 Å². The summed E-state index contributed by atoms with van der Waals surface area (Å²) in [6, 6.07) is 8.61. The molecule has 0 amide bonds. The summed E-state index contributed by atoms with van der Waals surface area (Å²) < 4.78 is 4.97. The lowest BCUT2D eigenvalue weighted by Gasteiger charge is -1.94. The maximum atomic E-state index is 9.29. The second kappa shape index (κ2) is 4.45. The van der Waals surface area contributed by atoms with Crippen molar-refractivity contribution >= 4 is 0 Å². The van der Waals surface area contributed by atoms with Gasteiger partial charge in [0.2, 0.25) is 11.7 Å². The molecule has 1 aromatic heterocycles. The van der Waals surface area contributed by atoms with Crippen LogP contribution in [0.2, 0.25) is 0 Å². The van der Waals surface area contributed by atoms with Gasteiger partial charge >= 0.3 is 0 Å². The van der Waals surface area contributed by atoms with Crippen LogP contribution in [0.15, 0.2) is 28.8 Å². The second-order valence-electron chi connectivity index (χ2n) is 3.22. The number of phenols is 1. The standard InChI is InChI=1S/C11H9N3O2/c12-6-2-5-10-13-11(14-16-10)8-3-1-4-9(15)7-8/h1,3-4,7,15H,2,5H2. The Balaban J connectivity index is 2.22. The summed E-state index contributed by atoms with van der Waals surface area (Å²) in [4.78, 5) is 4.12. The monoisotopic (exact) mass is 215 g/mol. The summed E-state index contributed by atoms with van der Waals surface area (Å²) in [7, 11) is 0. The van der Waals surface area contributed by atoms with Crippen LogP contribution in [-0.4, -0.2) is 15.2 Å². The van der Waals surface area contributed by atoms with Gasteiger partial charge in [0.15, 0.2) is 0 Å². The molecule has 0 unspecified atom stereocenters. The van der Waals surface area contributed by atoms with Crippen molar-refractivity contribution in [2.75, 3.05) is 0 Å². The maximum absolute atomic E-state index is 9.29. The first-order valence-electron chi connectivity index (χ1n) is 4.78. The van der Waals surface area contributed by atoms with E-state index in [1.807, 2.05) is 6.07 Å². The van der Waals surface area contributed by atoms with Crippen LogP contribution in [0.5, 0.6) is 5.75 Å². The van der Waals surface area contributed by atoms with Crippen LogP contribution >= 0.6 is 0 Å². The normalized spacial score (nSPS) is 9.94. The third-order valence-electron chi connectivity index (χ3n) is 2.02. The Morgan fingerprint density at radius 2 is 2.31 bits per heavy atom. The van der Waals surface area contributed by atoms with Crippen molar-refractivity contribution in [3.8, 4) is 23.2 Å². The van der Waals surface area contributed by atoms with Gasteiger partial charge in [-0.25, -0.2) is 0 Å². The highest BCUT2D eigenvalue weighted by Gasteiger charge is 2.08. The fraction of sp³-hybridized carbons (Fsp3) is 0.182. The maximum Gasteiger partial charge on any atom is 0.227 e. The Morgan fingerprint density at radius 1 is 1.44 bits per heavy atom. The number of hydrogen-bond acceptors (Lipinski definition) is 5. The Kier molecular flexibility index (Phi) is 2.83. The summed E-state index contributed by atoms with van der Waals surface area (Å²) in [6.45, 7) is 0. The number of aromatic hydroxyl groups is 1. The molecule has 1 heterocycles. The Hall–Kier alpha value is -2.35. The van der Waals surface area contributed by atoms with Gasteiger partial charge in [0.1, 0.15) is 5.75 Å². The number of benzene rings is 1. The number of aryl methyl sites for hydroxylation is 1. The van der Waals surface area contributed by atoms with Gasteiger partial charge in [0.05, 0.1) is 6.07 Å². The lowest BCUT2D eigenvalue weighted by molar-refractivity contribution is 0.380. The van der Waals surface area contributed by atoms with Gasteiger partial charge in [-0.05, 0) is 12.1 Å². The van der Waals surface area contributed by atoms with Crippen molar-refractivity contribution in [1.29, 1.82) is 5.26 Å². The summed E-state index contributed by atoms with van der Waals surface area (Å²) in [5.74, 6) is 1.00. The number of rotatable bonds is 3. The van der Waals surface area contributed by atoms with Gasteiger partial charge in [0.25, 0.3) is 0 Å². The molecule has 80 valence electrons. The first-order valence-corrected chi connectivity index (χ1v) is 4.78. The summed E-state index contributed by atoms with van der Waals surface area (Å²) in [5.41, 5.74) is 0.687. The molecule has 0 aliphatic carbocycles. The van der Waals surface area contributed by atoms with E-state index in [0.29, 0.717) is 30.1 Å². The lowest BCUT2D eigenvalue weighted by atomic mass is 10.2. The fourth-order valence-electron chi connectivity index (χ4n) is 1.28. The first kappa shape index (κ1) is 10.2. The molecule has 0 atom stereocenters. The van der Waals surface area contributed by atoms with Crippen molar-refractivity contribution in [1.82, 2.24) is 10.1 Å². The van der Waals surface area contributed by atoms with Gasteiger partial charge in [-0.3, -0.25) is 0 Å². The molecule has 5 heteroatoms. The average Bonchev–Trinajstić information content (AvgIpc) is 2.75. The van der Waals surface area contributed by atoms with E-state index in [9.17, 15) is 5.11 Å². The predicted octanol–water partition coefficient (Wildman–Crippen LogP) is 1.90. The molecule has 0 saturated heterocycles. The second-order valence-corrected chi connectivity index (χ2v) is 3.22. The zero-order valence-electron chi connectivity index (χ0n) is 8.42. The van der Waals surface area contributed by atoms with Crippen LogP contribution in [0.4, 0.5) is 0 Å². The molecule has 0 radical (unpaired) electrons. The molecule has 0 aliphatic rings. The molecule has 0 bridgehead atoms. The van der Waals surface area contributed by atoms with Crippen LogP contribution in [-0.2, 0) is 6.42 Å². The minimum absolute atomic E-state index is 0.154. The zero-order valence-corrected chi connectivity index (χ0v) is 8.42. The summed E-state index contributed by atoms with van der Waals surface area (Å²) in [6.07, 6.45) is 0.796. The molecule has 2 rings (SSSR count). The number of hydrogen-bond donors (Lipinski definition) is 1. The van der Waals surface area contributed by atoms with E-state index < -0.39 is 0 Å². The van der Waals surface area contributed by atoms with Crippen molar-refractivity contribution in [3.05, 3.63) is 30.2 Å². The SMILES string of the molecule is N#CCCc1nc(-c2cccc(O)c2)no1. The highest BCUT2D eigenvalue weighted by Crippen LogP contribution is 2.20. The molecule has 0 saturated carbocycles. The molecule has 0 fully saturated rings. The van der Waals surface area contributed by atoms with Crippen molar-refractivity contribution in [2.24, 2.45) is 0 Å². The fourth-order valence-corrected chi connectivity index (χ4v) is 1.28.